The van der Waals surface area contributed by atoms with E-state index in [0.717, 1.165) is 11.8 Å². The highest BCUT2D eigenvalue weighted by molar-refractivity contribution is 7.92. The third kappa shape index (κ3) is 4.85. The first kappa shape index (κ1) is 16.5. The average molecular weight is 339 g/mol. The van der Waals surface area contributed by atoms with Crippen molar-refractivity contribution in [2.75, 3.05) is 16.7 Å². The van der Waals surface area contributed by atoms with Crippen molar-refractivity contribution in [3.05, 3.63) is 60.2 Å². The molecule has 0 aromatic heterocycles. The molecule has 0 atom stereocenters. The van der Waals surface area contributed by atoms with Crippen LogP contribution in [0.5, 0.6) is 0 Å². The van der Waals surface area contributed by atoms with Gasteiger partial charge in [-0.15, -0.1) is 0 Å². The van der Waals surface area contributed by atoms with Gasteiger partial charge in [0.25, 0.3) is 0 Å². The quantitative estimate of drug-likeness (QED) is 0.874. The molecule has 0 amide bonds. The fourth-order valence-corrected chi connectivity index (χ4v) is 3.63. The highest BCUT2D eigenvalue weighted by Gasteiger charge is 2.12. The predicted molar refractivity (Wildman–Crippen MR) is 87.1 cm³/mol. The zero-order valence-electron chi connectivity index (χ0n) is 12.1. The zero-order chi connectivity index (χ0) is 16.2. The molecule has 0 saturated carbocycles. The molecule has 0 saturated heterocycles. The van der Waals surface area contributed by atoms with Gasteiger partial charge >= 0.3 is 0 Å². The van der Waals surface area contributed by atoms with Crippen molar-refractivity contribution >= 4 is 25.5 Å². The lowest BCUT2D eigenvalue weighted by molar-refractivity contribution is 0.599. The van der Waals surface area contributed by atoms with E-state index in [1.165, 1.54) is 24.3 Å². The molecule has 0 aliphatic rings. The molecule has 2 aromatic carbocycles. The van der Waals surface area contributed by atoms with Crippen molar-refractivity contribution in [3.8, 4) is 0 Å². The third-order valence-electron chi connectivity index (χ3n) is 3.06. The molecule has 1 N–H and O–H groups in total. The molecule has 0 aliphatic carbocycles. The van der Waals surface area contributed by atoms with Gasteiger partial charge in [-0.25, -0.2) is 16.8 Å². The molecule has 2 aromatic rings. The van der Waals surface area contributed by atoms with Crippen LogP contribution in [0.4, 0.5) is 5.69 Å². The number of aryl methyl sites for hydroxylation is 1. The standard InChI is InChI=1S/C15H17NO4S2/c1-21(17,18)15-9-7-14(8-10-15)16-22(19,20)12-11-13-5-3-2-4-6-13/h2-10,16H,11-12H2,1H3. The van der Waals surface area contributed by atoms with Gasteiger partial charge in [-0.1, -0.05) is 30.3 Å². The summed E-state index contributed by atoms with van der Waals surface area (Å²) in [5.41, 5.74) is 1.29. The number of sulfonamides is 1. The number of hydrogen-bond acceptors (Lipinski definition) is 4. The molecule has 5 nitrogen and oxygen atoms in total. The van der Waals surface area contributed by atoms with E-state index in [1.807, 2.05) is 30.3 Å². The molecular formula is C15H17NO4S2. The van der Waals surface area contributed by atoms with Gasteiger partial charge < -0.3 is 0 Å². The maximum Gasteiger partial charge on any atom is 0.233 e. The van der Waals surface area contributed by atoms with E-state index in [1.54, 1.807) is 0 Å². The Hall–Kier alpha value is -1.86. The summed E-state index contributed by atoms with van der Waals surface area (Å²) in [5, 5.41) is 0. The van der Waals surface area contributed by atoms with Gasteiger partial charge in [-0.05, 0) is 36.2 Å². The van der Waals surface area contributed by atoms with Crippen molar-refractivity contribution in [1.82, 2.24) is 0 Å². The van der Waals surface area contributed by atoms with Crippen LogP contribution in [0.2, 0.25) is 0 Å². The number of benzene rings is 2. The van der Waals surface area contributed by atoms with Crippen LogP contribution in [-0.2, 0) is 26.3 Å². The van der Waals surface area contributed by atoms with Gasteiger partial charge in [0.2, 0.25) is 10.0 Å². The maximum absolute atomic E-state index is 12.0. The highest BCUT2D eigenvalue weighted by Crippen LogP contribution is 2.15. The Kier molecular flexibility index (Phi) is 4.87. The lowest BCUT2D eigenvalue weighted by atomic mass is 10.2. The second-order valence-corrected chi connectivity index (χ2v) is 8.81. The lowest BCUT2D eigenvalue weighted by Gasteiger charge is -2.08. The zero-order valence-corrected chi connectivity index (χ0v) is 13.7. The molecule has 2 rings (SSSR count). The Balaban J connectivity index is 2.02. The summed E-state index contributed by atoms with van der Waals surface area (Å²) in [7, 11) is -6.77. The Morgan fingerprint density at radius 1 is 0.864 bits per heavy atom. The summed E-state index contributed by atoms with van der Waals surface area (Å²) in [6.07, 6.45) is 1.52. The molecule has 7 heteroatoms. The largest absolute Gasteiger partial charge is 0.284 e. The van der Waals surface area contributed by atoms with Crippen LogP contribution >= 0.6 is 0 Å². The first-order chi connectivity index (χ1) is 10.3. The van der Waals surface area contributed by atoms with Gasteiger partial charge in [0.05, 0.1) is 10.6 Å². The van der Waals surface area contributed by atoms with Crippen molar-refractivity contribution in [1.29, 1.82) is 0 Å². The number of nitrogens with one attached hydrogen (secondary N) is 1. The molecule has 0 bridgehead atoms. The minimum Gasteiger partial charge on any atom is -0.284 e. The Labute approximate surface area is 131 Å². The normalized spacial score (nSPS) is 12.0. The fourth-order valence-electron chi connectivity index (χ4n) is 1.90. The first-order valence-electron chi connectivity index (χ1n) is 6.61. The number of rotatable bonds is 6. The van der Waals surface area contributed by atoms with E-state index < -0.39 is 19.9 Å². The van der Waals surface area contributed by atoms with Crippen LogP contribution in [0.1, 0.15) is 5.56 Å². The van der Waals surface area contributed by atoms with Gasteiger partial charge in [0.15, 0.2) is 9.84 Å². The van der Waals surface area contributed by atoms with Gasteiger partial charge in [0.1, 0.15) is 0 Å². The van der Waals surface area contributed by atoms with E-state index in [9.17, 15) is 16.8 Å². The van der Waals surface area contributed by atoms with Gasteiger partial charge in [0, 0.05) is 11.9 Å². The van der Waals surface area contributed by atoms with Crippen molar-refractivity contribution in [2.45, 2.75) is 11.3 Å². The van der Waals surface area contributed by atoms with Crippen molar-refractivity contribution < 1.29 is 16.8 Å². The number of hydrogen-bond donors (Lipinski definition) is 1. The van der Waals surface area contributed by atoms with Gasteiger partial charge in [-0.3, -0.25) is 4.72 Å². The van der Waals surface area contributed by atoms with Crippen LogP contribution in [0.3, 0.4) is 0 Å². The molecule has 0 unspecified atom stereocenters. The monoisotopic (exact) mass is 339 g/mol. The lowest BCUT2D eigenvalue weighted by Crippen LogP contribution is -2.18. The van der Waals surface area contributed by atoms with Crippen LogP contribution in [0, 0.1) is 0 Å². The molecule has 0 radical (unpaired) electrons. The summed E-state index contributed by atoms with van der Waals surface area (Å²) in [4.78, 5) is 0.153. The Morgan fingerprint density at radius 2 is 1.45 bits per heavy atom. The summed E-state index contributed by atoms with van der Waals surface area (Å²) < 4.78 is 49.2. The number of anilines is 1. The Morgan fingerprint density at radius 3 is 2.00 bits per heavy atom. The van der Waals surface area contributed by atoms with E-state index in [2.05, 4.69) is 4.72 Å². The van der Waals surface area contributed by atoms with E-state index in [-0.39, 0.29) is 10.6 Å². The SMILES string of the molecule is CS(=O)(=O)c1ccc(NS(=O)(=O)CCc2ccccc2)cc1. The second-order valence-electron chi connectivity index (χ2n) is 4.95. The van der Waals surface area contributed by atoms with E-state index in [4.69, 9.17) is 0 Å². The van der Waals surface area contributed by atoms with Gasteiger partial charge in [-0.2, -0.15) is 0 Å². The van der Waals surface area contributed by atoms with Crippen LogP contribution in [0.15, 0.2) is 59.5 Å². The predicted octanol–water partition coefficient (Wildman–Crippen LogP) is 2.07. The summed E-state index contributed by atoms with van der Waals surface area (Å²) >= 11 is 0. The van der Waals surface area contributed by atoms with E-state index in [0.29, 0.717) is 12.1 Å². The molecule has 118 valence electrons. The minimum absolute atomic E-state index is 0.0369. The third-order valence-corrected chi connectivity index (χ3v) is 5.47. The first-order valence-corrected chi connectivity index (χ1v) is 10.2. The minimum atomic E-state index is -3.48. The van der Waals surface area contributed by atoms with Crippen molar-refractivity contribution in [2.24, 2.45) is 0 Å². The highest BCUT2D eigenvalue weighted by atomic mass is 32.2. The molecule has 0 heterocycles. The maximum atomic E-state index is 12.0. The summed E-state index contributed by atoms with van der Waals surface area (Å²) in [5.74, 6) is -0.0369. The molecule has 0 fully saturated rings. The Bertz CT molecular complexity index is 827. The van der Waals surface area contributed by atoms with Crippen LogP contribution in [0.25, 0.3) is 0 Å². The molecule has 0 aliphatic heterocycles. The molecule has 0 spiro atoms. The number of sulfone groups is 1. The molecule has 22 heavy (non-hydrogen) atoms. The second kappa shape index (κ2) is 6.50. The van der Waals surface area contributed by atoms with Crippen LogP contribution in [-0.4, -0.2) is 28.8 Å². The smallest absolute Gasteiger partial charge is 0.233 e. The summed E-state index contributed by atoms with van der Waals surface area (Å²) in [6, 6.07) is 15.0. The fraction of sp³-hybridized carbons (Fsp3) is 0.200. The summed E-state index contributed by atoms with van der Waals surface area (Å²) in [6.45, 7) is 0. The molecular weight excluding hydrogens is 322 g/mol. The van der Waals surface area contributed by atoms with Crippen LogP contribution < -0.4 is 4.72 Å². The average Bonchev–Trinajstić information content (AvgIpc) is 2.46. The van der Waals surface area contributed by atoms with Crippen molar-refractivity contribution in [3.63, 3.8) is 0 Å². The van der Waals surface area contributed by atoms with E-state index >= 15 is 0 Å². The topological polar surface area (TPSA) is 80.3 Å².